The zero-order valence-electron chi connectivity index (χ0n) is 29.9. The first-order valence-electron chi connectivity index (χ1n) is 17.6. The average Bonchev–Trinajstić information content (AvgIpc) is 3.61. The number of rotatable bonds is 8. The summed E-state index contributed by atoms with van der Waals surface area (Å²) >= 11 is -4.84. The SMILES string of the molecule is CC1=Cc2c(-c3ccc(C(C)C)cc3)ccc(C)c2[CH]1[Zr]([Cl])([Cl])([CH]1C(C(C)C)=Cc2c(-c3ccc(C(C)C)cc3)cccc21)[SiH](C)C. The van der Waals surface area contributed by atoms with Gasteiger partial charge in [-0.25, -0.2) is 0 Å². The fraction of sp³-hybridized carbons (Fsp3) is 0.349. The Kier molecular flexibility index (Phi) is 9.45. The molecule has 0 amide bonds. The molecule has 0 bridgehead atoms. The van der Waals surface area contributed by atoms with Gasteiger partial charge in [0.25, 0.3) is 0 Å². The zero-order valence-corrected chi connectivity index (χ0v) is 35.0. The summed E-state index contributed by atoms with van der Waals surface area (Å²) in [6, 6.07) is 29.8. The maximum absolute atomic E-state index is 8.67. The number of allylic oxidation sites excluding steroid dienone is 2. The Bertz CT molecular complexity index is 1890. The number of fused-ring (bicyclic) bond motifs is 2. The van der Waals surface area contributed by atoms with Crippen molar-refractivity contribution < 1.29 is 15.6 Å². The van der Waals surface area contributed by atoms with Crippen molar-refractivity contribution in [3.8, 4) is 22.3 Å². The summed E-state index contributed by atoms with van der Waals surface area (Å²) in [7, 11) is 17.3. The van der Waals surface area contributed by atoms with Gasteiger partial charge in [0.2, 0.25) is 0 Å². The molecule has 4 aromatic carbocycles. The molecule has 2 atom stereocenters. The van der Waals surface area contributed by atoms with Crippen LogP contribution in [0.5, 0.6) is 0 Å². The molecule has 2 aliphatic carbocycles. The van der Waals surface area contributed by atoms with Crippen molar-refractivity contribution in [2.24, 2.45) is 5.92 Å². The van der Waals surface area contributed by atoms with Gasteiger partial charge < -0.3 is 0 Å². The van der Waals surface area contributed by atoms with E-state index in [1.807, 2.05) is 0 Å². The molecule has 0 saturated carbocycles. The molecule has 47 heavy (non-hydrogen) atoms. The van der Waals surface area contributed by atoms with Crippen LogP contribution in [0, 0.1) is 12.8 Å². The van der Waals surface area contributed by atoms with Gasteiger partial charge in [0.05, 0.1) is 0 Å². The summed E-state index contributed by atoms with van der Waals surface area (Å²) in [5.41, 5.74) is 17.3. The molecule has 0 aliphatic heterocycles. The van der Waals surface area contributed by atoms with Gasteiger partial charge in [0, 0.05) is 0 Å². The third-order valence-corrected chi connectivity index (χ3v) is 63.3. The van der Waals surface area contributed by atoms with Gasteiger partial charge in [-0.2, -0.15) is 0 Å². The Morgan fingerprint density at radius 3 is 1.62 bits per heavy atom. The minimum atomic E-state index is -4.84. The summed E-state index contributed by atoms with van der Waals surface area (Å²) in [4.78, 5) is 0. The molecule has 245 valence electrons. The second-order valence-corrected chi connectivity index (χ2v) is 58.1. The van der Waals surface area contributed by atoms with E-state index in [1.54, 1.807) is 0 Å². The van der Waals surface area contributed by atoms with Crippen LogP contribution >= 0.6 is 17.0 Å². The second kappa shape index (κ2) is 12.7. The maximum atomic E-state index is 8.67. The Labute approximate surface area is 293 Å². The van der Waals surface area contributed by atoms with Gasteiger partial charge in [-0.05, 0) is 0 Å². The van der Waals surface area contributed by atoms with Crippen molar-refractivity contribution >= 4 is 35.1 Å². The monoisotopic (exact) mass is 755 g/mol. The van der Waals surface area contributed by atoms with Crippen LogP contribution in [0.1, 0.15) is 106 Å². The van der Waals surface area contributed by atoms with Gasteiger partial charge in [-0.3, -0.25) is 0 Å². The molecule has 0 nitrogen and oxygen atoms in total. The van der Waals surface area contributed by atoms with E-state index >= 15 is 0 Å². The molecule has 4 heteroatoms. The summed E-state index contributed by atoms with van der Waals surface area (Å²) < 4.78 is 0.174. The van der Waals surface area contributed by atoms with Crippen LogP contribution in [0.15, 0.2) is 90.0 Å². The molecule has 0 radical (unpaired) electrons. The first-order chi connectivity index (χ1) is 22.1. The van der Waals surface area contributed by atoms with E-state index in [1.165, 1.54) is 72.3 Å². The number of halogens is 2. The molecular weight excluding hydrogens is 707 g/mol. The molecule has 2 aliphatic rings. The Hall–Kier alpha value is -1.96. The van der Waals surface area contributed by atoms with Gasteiger partial charge in [0.1, 0.15) is 0 Å². The minimum absolute atomic E-state index is 0.0865. The predicted molar refractivity (Wildman–Crippen MR) is 209 cm³/mol. The second-order valence-electron chi connectivity index (χ2n) is 15.6. The summed E-state index contributed by atoms with van der Waals surface area (Å²) in [5.74, 6) is -0.271. The molecular formula is C43H51Cl2SiZr. The fourth-order valence-electron chi connectivity index (χ4n) is 8.51. The van der Waals surface area contributed by atoms with Crippen molar-refractivity contribution in [3.05, 3.63) is 129 Å². The van der Waals surface area contributed by atoms with Crippen LogP contribution < -0.4 is 0 Å². The Balaban J connectivity index is 1.55. The predicted octanol–water partition coefficient (Wildman–Crippen LogP) is 13.8. The summed E-state index contributed by atoms with van der Waals surface area (Å²) in [5, 5.41) is 0. The molecule has 0 saturated heterocycles. The Morgan fingerprint density at radius 2 is 1.13 bits per heavy atom. The van der Waals surface area contributed by atoms with Crippen LogP contribution in [0.2, 0.25) is 13.1 Å². The Morgan fingerprint density at radius 1 is 0.596 bits per heavy atom. The quantitative estimate of drug-likeness (QED) is 0.157. The van der Waals surface area contributed by atoms with Crippen LogP contribution in [0.3, 0.4) is 0 Å². The molecule has 4 aromatic rings. The van der Waals surface area contributed by atoms with Gasteiger partial charge >= 0.3 is 295 Å². The van der Waals surface area contributed by atoms with E-state index in [9.17, 15) is 0 Å². The van der Waals surface area contributed by atoms with Crippen molar-refractivity contribution in [2.45, 2.75) is 87.6 Å². The number of hydrogen-bond donors (Lipinski definition) is 0. The summed E-state index contributed by atoms with van der Waals surface area (Å²) in [6.07, 6.45) is 4.93. The number of benzene rings is 4. The van der Waals surface area contributed by atoms with E-state index in [2.05, 4.69) is 159 Å². The average molecular weight is 758 g/mol. The van der Waals surface area contributed by atoms with Crippen molar-refractivity contribution in [1.82, 2.24) is 0 Å². The van der Waals surface area contributed by atoms with E-state index in [4.69, 9.17) is 17.0 Å². The molecule has 0 heterocycles. The van der Waals surface area contributed by atoms with E-state index in [0.717, 1.165) is 0 Å². The van der Waals surface area contributed by atoms with E-state index in [-0.39, 0.29) is 7.25 Å². The molecule has 0 aromatic heterocycles. The summed E-state index contributed by atoms with van der Waals surface area (Å²) in [6.45, 7) is 23.2. The van der Waals surface area contributed by atoms with Crippen LogP contribution in [0.25, 0.3) is 34.4 Å². The van der Waals surface area contributed by atoms with Gasteiger partial charge in [-0.15, -0.1) is 0 Å². The van der Waals surface area contributed by atoms with E-state index in [0.29, 0.717) is 17.8 Å². The topological polar surface area (TPSA) is 0 Å². The standard InChI is InChI=1S/C21H23.C20H21.C2H7Si.2ClH.Zr/c1-14(2)16-8-10-17(11-9-16)20-7-5-6-18-12-19(15(3)4)13-21(18)20;1-13(2)16-6-8-17(9-7-16)18-10-5-15(4)19-11-14(3)12-20(18)19;1-3-2;;;/h5-15H,1-4H3;5-13H,1-4H3;3H,1-2H3;2*1H;/q;;;;;+2/p-2. The first kappa shape index (κ1) is 34.9. The van der Waals surface area contributed by atoms with Crippen LogP contribution in [0.4, 0.5) is 0 Å². The van der Waals surface area contributed by atoms with Gasteiger partial charge in [0.15, 0.2) is 0 Å². The van der Waals surface area contributed by atoms with Gasteiger partial charge in [-0.1, -0.05) is 0 Å². The molecule has 0 N–H and O–H groups in total. The van der Waals surface area contributed by atoms with Crippen LogP contribution in [-0.2, 0) is 15.6 Å². The molecule has 0 fully saturated rings. The number of hydrogen-bond acceptors (Lipinski definition) is 0. The fourth-order valence-corrected chi connectivity index (χ4v) is 40.8. The van der Waals surface area contributed by atoms with Crippen molar-refractivity contribution in [3.63, 3.8) is 0 Å². The molecule has 2 unspecified atom stereocenters. The zero-order chi connectivity index (χ0) is 34.0. The normalized spacial score (nSPS) is 18.4. The van der Waals surface area contributed by atoms with E-state index < -0.39 is 21.5 Å². The van der Waals surface area contributed by atoms with Crippen molar-refractivity contribution in [1.29, 1.82) is 0 Å². The number of aryl methyl sites for hydroxylation is 1. The third kappa shape index (κ3) is 5.68. The van der Waals surface area contributed by atoms with Crippen molar-refractivity contribution in [2.75, 3.05) is 0 Å². The third-order valence-electron chi connectivity index (χ3n) is 11.4. The van der Waals surface area contributed by atoms with Crippen LogP contribution in [-0.4, -0.2) is 5.92 Å². The first-order valence-corrected chi connectivity index (χ1v) is 33.9. The molecule has 6 rings (SSSR count). The molecule has 0 spiro atoms.